The van der Waals surface area contributed by atoms with Gasteiger partial charge in [-0.05, 0) is 45.3 Å². The molecule has 1 rings (SSSR count). The Morgan fingerprint density at radius 1 is 1.08 bits per heavy atom. The molecule has 0 bridgehead atoms. The lowest BCUT2D eigenvalue weighted by Crippen LogP contribution is -2.55. The molecule has 1 fully saturated rings. The van der Waals surface area contributed by atoms with Crippen molar-refractivity contribution in [1.29, 1.82) is 0 Å². The van der Waals surface area contributed by atoms with Crippen LogP contribution >= 0.6 is 0 Å². The molecule has 1 saturated heterocycles. The number of piperidine rings is 1. The number of carbonyl (C=O) groups is 2. The van der Waals surface area contributed by atoms with Crippen LogP contribution in [0.4, 0.5) is 4.79 Å². The lowest BCUT2D eigenvalue weighted by atomic mass is 9.95. The van der Waals surface area contributed by atoms with Crippen molar-refractivity contribution in [3.05, 3.63) is 0 Å². The molecule has 0 aromatic rings. The summed E-state index contributed by atoms with van der Waals surface area (Å²) < 4.78 is 16.9. The first-order chi connectivity index (χ1) is 11.2. The molecule has 0 aromatic heterocycles. The van der Waals surface area contributed by atoms with Gasteiger partial charge < -0.3 is 18.8 Å². The Kier molecular flexibility index (Phi) is 6.73. The monoisotopic (exact) mass is 373 g/mol. The van der Waals surface area contributed by atoms with Gasteiger partial charge in [0.25, 0.3) is 0 Å². The van der Waals surface area contributed by atoms with Crippen molar-refractivity contribution in [3.63, 3.8) is 0 Å². The van der Waals surface area contributed by atoms with Gasteiger partial charge in [-0.3, -0.25) is 4.79 Å². The quantitative estimate of drug-likeness (QED) is 0.556. The van der Waals surface area contributed by atoms with E-state index in [1.165, 1.54) is 7.11 Å². The second-order valence-electron chi connectivity index (χ2n) is 9.26. The Hall–Kier alpha value is -1.08. The predicted molar refractivity (Wildman–Crippen MR) is 100 cm³/mol. The summed E-state index contributed by atoms with van der Waals surface area (Å²) in [6.45, 7) is 17.1. The van der Waals surface area contributed by atoms with Gasteiger partial charge in [0.1, 0.15) is 5.60 Å². The first-order valence-corrected chi connectivity index (χ1v) is 11.8. The molecule has 1 aliphatic heterocycles. The molecule has 2 unspecified atom stereocenters. The van der Waals surface area contributed by atoms with Crippen molar-refractivity contribution in [1.82, 2.24) is 4.90 Å². The highest BCUT2D eigenvalue weighted by Crippen LogP contribution is 2.39. The third-order valence-corrected chi connectivity index (χ3v) is 9.46. The van der Waals surface area contributed by atoms with Crippen LogP contribution in [-0.2, 0) is 18.7 Å². The lowest BCUT2D eigenvalue weighted by molar-refractivity contribution is -0.151. The average molecular weight is 374 g/mol. The van der Waals surface area contributed by atoms with Crippen molar-refractivity contribution in [3.8, 4) is 0 Å². The SMILES string of the molecule is COC(=O)C1CN(C(=O)OC(C)(C)C)CCC1O[Si](C)(C)C(C)(C)C. The molecule has 6 nitrogen and oxygen atoms in total. The summed E-state index contributed by atoms with van der Waals surface area (Å²) in [5.74, 6) is -0.822. The Morgan fingerprint density at radius 3 is 2.08 bits per heavy atom. The third kappa shape index (κ3) is 5.99. The molecule has 7 heteroatoms. The number of hydrogen-bond acceptors (Lipinski definition) is 5. The summed E-state index contributed by atoms with van der Waals surface area (Å²) in [6, 6.07) is 0. The standard InChI is InChI=1S/C18H35NO5Si/c1-17(2,3)23-16(21)19-11-10-14(13(12-19)15(20)22-7)24-25(8,9)18(4,5)6/h13-14H,10-12H2,1-9H3. The second-order valence-corrected chi connectivity index (χ2v) is 14.0. The van der Waals surface area contributed by atoms with E-state index in [0.717, 1.165) is 0 Å². The molecular weight excluding hydrogens is 338 g/mol. The number of esters is 1. The van der Waals surface area contributed by atoms with Crippen molar-refractivity contribution >= 4 is 20.4 Å². The molecule has 1 aliphatic rings. The zero-order valence-electron chi connectivity index (χ0n) is 17.3. The van der Waals surface area contributed by atoms with Crippen LogP contribution in [0.2, 0.25) is 18.1 Å². The minimum atomic E-state index is -2.02. The molecule has 1 amide bonds. The van der Waals surface area contributed by atoms with Crippen LogP contribution in [0.3, 0.4) is 0 Å². The fraction of sp³-hybridized carbons (Fsp3) is 0.889. The Labute approximate surface area is 153 Å². The number of rotatable bonds is 3. The van der Waals surface area contributed by atoms with Crippen molar-refractivity contribution in [2.24, 2.45) is 5.92 Å². The van der Waals surface area contributed by atoms with Crippen LogP contribution in [0.25, 0.3) is 0 Å². The summed E-state index contributed by atoms with van der Waals surface area (Å²) in [7, 11) is -0.649. The third-order valence-electron chi connectivity index (χ3n) is 4.96. The maximum atomic E-state index is 12.3. The highest BCUT2D eigenvalue weighted by molar-refractivity contribution is 6.74. The van der Waals surface area contributed by atoms with E-state index in [9.17, 15) is 9.59 Å². The van der Waals surface area contributed by atoms with Gasteiger partial charge >= 0.3 is 12.1 Å². The smallest absolute Gasteiger partial charge is 0.410 e. The van der Waals surface area contributed by atoms with Gasteiger partial charge in [-0.15, -0.1) is 0 Å². The van der Waals surface area contributed by atoms with E-state index in [2.05, 4.69) is 33.9 Å². The molecule has 25 heavy (non-hydrogen) atoms. The number of nitrogens with zero attached hydrogens (tertiary/aromatic N) is 1. The van der Waals surface area contributed by atoms with Crippen LogP contribution < -0.4 is 0 Å². The zero-order chi connectivity index (χ0) is 19.6. The number of amides is 1. The van der Waals surface area contributed by atoms with Gasteiger partial charge in [-0.25, -0.2) is 4.79 Å². The molecule has 2 atom stereocenters. The number of likely N-dealkylation sites (tertiary alicyclic amines) is 1. The van der Waals surface area contributed by atoms with E-state index in [1.807, 2.05) is 20.8 Å². The van der Waals surface area contributed by atoms with Crippen LogP contribution in [0, 0.1) is 5.92 Å². The number of hydrogen-bond donors (Lipinski definition) is 0. The Bertz CT molecular complexity index is 493. The minimum Gasteiger partial charge on any atom is -0.469 e. The van der Waals surface area contributed by atoms with Crippen molar-refractivity contribution in [2.75, 3.05) is 20.2 Å². The van der Waals surface area contributed by atoms with E-state index < -0.39 is 25.9 Å². The fourth-order valence-corrected chi connectivity index (χ4v) is 3.89. The molecule has 1 heterocycles. The number of ether oxygens (including phenoxy) is 2. The van der Waals surface area contributed by atoms with Gasteiger partial charge in [0, 0.05) is 13.1 Å². The van der Waals surface area contributed by atoms with Crippen molar-refractivity contribution < 1.29 is 23.5 Å². The van der Waals surface area contributed by atoms with E-state index in [-0.39, 0.29) is 23.7 Å². The first kappa shape index (κ1) is 22.0. The molecule has 0 aromatic carbocycles. The van der Waals surface area contributed by atoms with E-state index in [1.54, 1.807) is 4.90 Å². The van der Waals surface area contributed by atoms with Gasteiger partial charge in [-0.2, -0.15) is 0 Å². The molecular formula is C18H35NO5Si. The maximum absolute atomic E-state index is 12.3. The highest BCUT2D eigenvalue weighted by Gasteiger charge is 2.45. The molecule has 0 N–H and O–H groups in total. The Morgan fingerprint density at radius 2 is 1.64 bits per heavy atom. The van der Waals surface area contributed by atoms with E-state index >= 15 is 0 Å². The van der Waals surface area contributed by atoms with Gasteiger partial charge in [-0.1, -0.05) is 20.8 Å². The van der Waals surface area contributed by atoms with Gasteiger partial charge in [0.2, 0.25) is 0 Å². The van der Waals surface area contributed by atoms with Gasteiger partial charge in [0.05, 0.1) is 19.1 Å². The molecule has 0 saturated carbocycles. The van der Waals surface area contributed by atoms with E-state index in [0.29, 0.717) is 13.0 Å². The number of carbonyl (C=O) groups excluding carboxylic acids is 2. The van der Waals surface area contributed by atoms with Gasteiger partial charge in [0.15, 0.2) is 8.32 Å². The van der Waals surface area contributed by atoms with Crippen molar-refractivity contribution in [2.45, 2.75) is 77.8 Å². The molecule has 0 spiro atoms. The fourth-order valence-electron chi connectivity index (χ4n) is 2.50. The predicted octanol–water partition coefficient (Wildman–Crippen LogP) is 3.81. The summed E-state index contributed by atoms with van der Waals surface area (Å²) >= 11 is 0. The minimum absolute atomic E-state index is 0.0516. The summed E-state index contributed by atoms with van der Waals surface area (Å²) in [4.78, 5) is 26.2. The normalized spacial score (nSPS) is 22.5. The Balaban J connectivity index is 2.90. The first-order valence-electron chi connectivity index (χ1n) is 8.91. The van der Waals surface area contributed by atoms with Crippen LogP contribution in [0.1, 0.15) is 48.0 Å². The zero-order valence-corrected chi connectivity index (χ0v) is 18.3. The number of methoxy groups -OCH3 is 1. The topological polar surface area (TPSA) is 65.1 Å². The summed E-state index contributed by atoms with van der Waals surface area (Å²) in [6.07, 6.45) is -0.0230. The highest BCUT2D eigenvalue weighted by atomic mass is 28.4. The van der Waals surface area contributed by atoms with E-state index in [4.69, 9.17) is 13.9 Å². The van der Waals surface area contributed by atoms with Crippen LogP contribution in [0.15, 0.2) is 0 Å². The lowest BCUT2D eigenvalue weighted by Gasteiger charge is -2.44. The second kappa shape index (κ2) is 7.66. The average Bonchev–Trinajstić information content (AvgIpc) is 2.43. The molecule has 0 radical (unpaired) electrons. The van der Waals surface area contributed by atoms with Crippen LogP contribution in [-0.4, -0.2) is 57.2 Å². The summed E-state index contributed by atoms with van der Waals surface area (Å²) in [5, 5.41) is 0.0516. The summed E-state index contributed by atoms with van der Waals surface area (Å²) in [5.41, 5.74) is -0.563. The van der Waals surface area contributed by atoms with Crippen LogP contribution in [0.5, 0.6) is 0 Å². The molecule has 146 valence electrons. The molecule has 0 aliphatic carbocycles. The maximum Gasteiger partial charge on any atom is 0.410 e. The largest absolute Gasteiger partial charge is 0.469 e.